The zero-order chi connectivity index (χ0) is 20.6. The monoisotopic (exact) mass is 386 g/mol. The highest BCUT2D eigenvalue weighted by molar-refractivity contribution is 6.13. The van der Waals surface area contributed by atoms with E-state index in [1.807, 2.05) is 0 Å². The van der Waals surface area contributed by atoms with Crippen molar-refractivity contribution in [1.29, 1.82) is 0 Å². The van der Waals surface area contributed by atoms with Gasteiger partial charge in [0.1, 0.15) is 23.4 Å². The molecule has 5 rings (SSSR count). The number of unbranched alkanes of at least 4 members (excludes halogenated alkanes) is 1. The van der Waals surface area contributed by atoms with Gasteiger partial charge in [0.25, 0.3) is 5.65 Å². The van der Waals surface area contributed by atoms with E-state index in [9.17, 15) is 0 Å². The van der Waals surface area contributed by atoms with Crippen LogP contribution in [0.3, 0.4) is 0 Å². The van der Waals surface area contributed by atoms with Crippen LogP contribution in [0.5, 0.6) is 0 Å². The first kappa shape index (κ1) is 18.5. The van der Waals surface area contributed by atoms with Gasteiger partial charge in [-0.3, -0.25) is 0 Å². The average Bonchev–Trinajstić information content (AvgIpc) is 3.12. The van der Waals surface area contributed by atoms with Crippen LogP contribution in [0.1, 0.15) is 58.6 Å². The average molecular weight is 387 g/mol. The zero-order valence-electron chi connectivity index (χ0n) is 18.6. The van der Waals surface area contributed by atoms with Gasteiger partial charge in [-0.05, 0) is 51.0 Å². The summed E-state index contributed by atoms with van der Waals surface area (Å²) in [6.45, 7) is 15.0. The van der Waals surface area contributed by atoms with Gasteiger partial charge in [0.2, 0.25) is 0 Å². The third-order valence-corrected chi connectivity index (χ3v) is 7.54. The third-order valence-electron chi connectivity index (χ3n) is 7.54. The largest absolute Gasteiger partial charge is 0.385 e. The van der Waals surface area contributed by atoms with Crippen molar-refractivity contribution < 1.29 is 4.57 Å². The van der Waals surface area contributed by atoms with Crippen LogP contribution in [0.25, 0.3) is 27.3 Å². The number of imidazole rings is 1. The van der Waals surface area contributed by atoms with Gasteiger partial charge in [0, 0.05) is 28.4 Å². The molecule has 1 N–H and O–H groups in total. The van der Waals surface area contributed by atoms with E-state index in [0.29, 0.717) is 0 Å². The van der Waals surface area contributed by atoms with E-state index in [1.54, 1.807) is 0 Å². The van der Waals surface area contributed by atoms with Crippen LogP contribution in [0.2, 0.25) is 0 Å². The zero-order valence-corrected chi connectivity index (χ0v) is 18.6. The van der Waals surface area contributed by atoms with E-state index >= 15 is 0 Å². The molecule has 3 heterocycles. The first-order valence-electron chi connectivity index (χ1n) is 10.9. The Labute approximate surface area is 173 Å². The standard InChI is InChI=1S/C26H32N3/c1-7-8-11-27-18-9-10-22-19(16-18)20-14-17(2)15-21-23(20)24-28(22)12-13-29(24)26(5,6)25(21,3)4/h9-10,12-16,27H,7-8,11H2,1-6H3/q+1. The number of fused-ring (bicyclic) bond motifs is 3. The molecule has 29 heavy (non-hydrogen) atoms. The fraction of sp³-hybridized carbons (Fsp3) is 0.423. The van der Waals surface area contributed by atoms with E-state index in [0.717, 1.165) is 6.54 Å². The Bertz CT molecular complexity index is 1270. The van der Waals surface area contributed by atoms with Gasteiger partial charge < -0.3 is 5.32 Å². The molecule has 1 aliphatic rings. The summed E-state index contributed by atoms with van der Waals surface area (Å²) in [7, 11) is 0. The van der Waals surface area contributed by atoms with Gasteiger partial charge in [-0.2, -0.15) is 4.40 Å². The summed E-state index contributed by atoms with van der Waals surface area (Å²) in [4.78, 5) is 0. The highest BCUT2D eigenvalue weighted by Crippen LogP contribution is 2.47. The second kappa shape index (κ2) is 5.98. The molecule has 0 saturated carbocycles. The second-order valence-electron chi connectivity index (χ2n) is 9.79. The lowest BCUT2D eigenvalue weighted by Gasteiger charge is -2.43. The Morgan fingerprint density at radius 3 is 2.59 bits per heavy atom. The molecule has 0 unspecified atom stereocenters. The van der Waals surface area contributed by atoms with Gasteiger partial charge in [0.15, 0.2) is 0 Å². The Kier molecular flexibility index (Phi) is 3.81. The van der Waals surface area contributed by atoms with Crippen molar-refractivity contribution in [2.24, 2.45) is 0 Å². The summed E-state index contributed by atoms with van der Waals surface area (Å²) in [5.74, 6) is 0. The molecular formula is C26H32N3+. The summed E-state index contributed by atoms with van der Waals surface area (Å²) in [5, 5.41) is 7.72. The van der Waals surface area contributed by atoms with Crippen LogP contribution in [-0.4, -0.2) is 10.9 Å². The minimum absolute atomic E-state index is 0.00913. The quantitative estimate of drug-likeness (QED) is 0.256. The molecule has 0 fully saturated rings. The first-order chi connectivity index (χ1) is 13.8. The lowest BCUT2D eigenvalue weighted by atomic mass is 9.66. The highest BCUT2D eigenvalue weighted by Gasteiger charge is 2.50. The van der Waals surface area contributed by atoms with E-state index in [-0.39, 0.29) is 11.0 Å². The van der Waals surface area contributed by atoms with Gasteiger partial charge in [-0.1, -0.05) is 44.9 Å². The van der Waals surface area contributed by atoms with Gasteiger partial charge in [0.05, 0.1) is 5.39 Å². The summed E-state index contributed by atoms with van der Waals surface area (Å²) >= 11 is 0. The van der Waals surface area contributed by atoms with Crippen LogP contribution >= 0.6 is 0 Å². The van der Waals surface area contributed by atoms with Crippen molar-refractivity contribution in [2.45, 2.75) is 65.3 Å². The van der Waals surface area contributed by atoms with Crippen molar-refractivity contribution >= 4 is 33.0 Å². The summed E-state index contributed by atoms with van der Waals surface area (Å²) in [5.41, 5.74) is 6.63. The maximum atomic E-state index is 3.61. The van der Waals surface area contributed by atoms with E-state index < -0.39 is 0 Å². The summed E-state index contributed by atoms with van der Waals surface area (Å²) < 4.78 is 4.88. The summed E-state index contributed by atoms with van der Waals surface area (Å²) in [6, 6.07) is 11.6. The molecule has 3 heteroatoms. The van der Waals surface area contributed by atoms with Crippen LogP contribution in [0.4, 0.5) is 5.69 Å². The molecule has 150 valence electrons. The third kappa shape index (κ3) is 2.33. The Balaban J connectivity index is 1.93. The lowest BCUT2D eigenvalue weighted by molar-refractivity contribution is -0.745. The van der Waals surface area contributed by atoms with Gasteiger partial charge >= 0.3 is 0 Å². The first-order valence-corrected chi connectivity index (χ1v) is 10.9. The maximum Gasteiger partial charge on any atom is 0.295 e. The predicted molar refractivity (Wildman–Crippen MR) is 123 cm³/mol. The number of benzene rings is 2. The molecule has 0 atom stereocenters. The number of pyridine rings is 1. The molecule has 0 aliphatic carbocycles. The van der Waals surface area contributed by atoms with Crippen molar-refractivity contribution in [3.05, 3.63) is 53.9 Å². The number of nitrogens with zero attached hydrogens (tertiary/aromatic N) is 2. The number of rotatable bonds is 4. The molecule has 0 saturated heterocycles. The van der Waals surface area contributed by atoms with Crippen molar-refractivity contribution in [1.82, 2.24) is 4.40 Å². The molecule has 1 aliphatic heterocycles. The second-order valence-corrected chi connectivity index (χ2v) is 9.79. The van der Waals surface area contributed by atoms with Crippen LogP contribution < -0.4 is 9.88 Å². The van der Waals surface area contributed by atoms with E-state index in [2.05, 4.69) is 98.6 Å². The number of hydrogen-bond acceptors (Lipinski definition) is 1. The van der Waals surface area contributed by atoms with Crippen LogP contribution in [0, 0.1) is 6.92 Å². The van der Waals surface area contributed by atoms with Crippen LogP contribution in [0.15, 0.2) is 42.7 Å². The minimum Gasteiger partial charge on any atom is -0.385 e. The molecule has 0 amide bonds. The smallest absolute Gasteiger partial charge is 0.295 e. The number of anilines is 1. The molecule has 2 aromatic heterocycles. The van der Waals surface area contributed by atoms with Crippen molar-refractivity contribution in [3.8, 4) is 0 Å². The van der Waals surface area contributed by atoms with E-state index in [4.69, 9.17) is 0 Å². The molecule has 0 spiro atoms. The highest BCUT2D eigenvalue weighted by atomic mass is 15.2. The minimum atomic E-state index is -0.00913. The lowest BCUT2D eigenvalue weighted by Crippen LogP contribution is -2.63. The SMILES string of the molecule is CCCCNc1ccc2c(c1)c1cc(C)cc3c1c1n2cc[n+]1C(C)(C)C3(C)C. The molecule has 0 bridgehead atoms. The number of aromatic nitrogens is 2. The number of hydrogen-bond donors (Lipinski definition) is 1. The molecule has 0 radical (unpaired) electrons. The molecule has 2 aromatic carbocycles. The maximum absolute atomic E-state index is 3.61. The normalized spacial score (nSPS) is 16.9. The number of aryl methyl sites for hydroxylation is 1. The van der Waals surface area contributed by atoms with Crippen LogP contribution in [-0.2, 0) is 11.0 Å². The Morgan fingerprint density at radius 2 is 1.83 bits per heavy atom. The van der Waals surface area contributed by atoms with Crippen molar-refractivity contribution in [3.63, 3.8) is 0 Å². The fourth-order valence-electron chi connectivity index (χ4n) is 5.12. The molecular weight excluding hydrogens is 354 g/mol. The predicted octanol–water partition coefficient (Wildman–Crippen LogP) is 6.08. The van der Waals surface area contributed by atoms with Gasteiger partial charge in [-0.25, -0.2) is 4.57 Å². The molecule has 4 aromatic rings. The number of nitrogens with one attached hydrogen (secondary N) is 1. The topological polar surface area (TPSA) is 20.3 Å². The summed E-state index contributed by atoms with van der Waals surface area (Å²) in [6.07, 6.45) is 6.92. The molecule has 3 nitrogen and oxygen atoms in total. The van der Waals surface area contributed by atoms with E-state index in [1.165, 1.54) is 57.0 Å². The van der Waals surface area contributed by atoms with Gasteiger partial charge in [-0.15, -0.1) is 0 Å². The van der Waals surface area contributed by atoms with Crippen molar-refractivity contribution in [2.75, 3.05) is 11.9 Å². The Hall–Kier alpha value is -2.55. The Morgan fingerprint density at radius 1 is 1.03 bits per heavy atom. The fourth-order valence-corrected chi connectivity index (χ4v) is 5.12.